The molecular formula is C37H24O2. The molecular weight excluding hydrogens is 476 g/mol. The number of ether oxygens (including phenoxy) is 2. The summed E-state index contributed by atoms with van der Waals surface area (Å²) in [4.78, 5) is 0. The summed E-state index contributed by atoms with van der Waals surface area (Å²) in [6.07, 6.45) is 0. The monoisotopic (exact) mass is 500 g/mol. The molecule has 0 saturated heterocycles. The minimum absolute atomic E-state index is 0.603. The predicted octanol–water partition coefficient (Wildman–Crippen LogP) is 9.61. The summed E-state index contributed by atoms with van der Waals surface area (Å²) in [6, 6.07) is 51.1. The van der Waals surface area contributed by atoms with E-state index in [1.807, 2.05) is 18.2 Å². The molecule has 39 heavy (non-hydrogen) atoms. The van der Waals surface area contributed by atoms with Crippen molar-refractivity contribution in [2.75, 3.05) is 0 Å². The second-order valence-corrected chi connectivity index (χ2v) is 10.1. The molecule has 2 heterocycles. The second kappa shape index (κ2) is 8.47. The Bertz CT molecular complexity index is 1840. The summed E-state index contributed by atoms with van der Waals surface area (Å²) in [6.45, 7) is 0. The Hall–Kier alpha value is -5.08. The van der Waals surface area contributed by atoms with Crippen LogP contribution in [0.5, 0.6) is 23.0 Å². The third-order valence-electron chi connectivity index (χ3n) is 8.01. The molecule has 2 aliphatic rings. The van der Waals surface area contributed by atoms with Crippen molar-refractivity contribution in [3.63, 3.8) is 0 Å². The molecule has 0 fully saturated rings. The van der Waals surface area contributed by atoms with Gasteiger partial charge in [0.05, 0.1) is 5.41 Å². The highest BCUT2D eigenvalue weighted by Crippen LogP contribution is 2.61. The maximum Gasteiger partial charge on any atom is 0.132 e. The molecule has 184 valence electrons. The number of benzene rings is 6. The normalized spacial score (nSPS) is 16.2. The molecule has 1 atom stereocenters. The van der Waals surface area contributed by atoms with Gasteiger partial charge in [-0.3, -0.25) is 0 Å². The maximum atomic E-state index is 6.67. The van der Waals surface area contributed by atoms with Gasteiger partial charge in [0.1, 0.15) is 23.0 Å². The highest BCUT2D eigenvalue weighted by molar-refractivity contribution is 5.79. The van der Waals surface area contributed by atoms with E-state index in [9.17, 15) is 0 Å². The van der Waals surface area contributed by atoms with Gasteiger partial charge in [-0.05, 0) is 52.6 Å². The summed E-state index contributed by atoms with van der Waals surface area (Å²) in [5.41, 5.74) is 8.49. The Kier molecular flexibility index (Phi) is 4.77. The Morgan fingerprint density at radius 3 is 1.41 bits per heavy atom. The lowest BCUT2D eigenvalue weighted by atomic mass is 9.62. The molecule has 8 rings (SSSR count). The zero-order chi connectivity index (χ0) is 25.8. The number of hydrogen-bond donors (Lipinski definition) is 0. The van der Waals surface area contributed by atoms with Crippen LogP contribution in [-0.4, -0.2) is 0 Å². The zero-order valence-corrected chi connectivity index (χ0v) is 21.2. The Labute approximate surface area is 227 Å². The molecule has 6 aromatic carbocycles. The second-order valence-electron chi connectivity index (χ2n) is 10.1. The fraction of sp³-hybridized carbons (Fsp3) is 0.0270. The minimum Gasteiger partial charge on any atom is -0.457 e. The molecule has 0 saturated carbocycles. The van der Waals surface area contributed by atoms with Crippen molar-refractivity contribution in [3.05, 3.63) is 168 Å². The summed E-state index contributed by atoms with van der Waals surface area (Å²) in [5.74, 6) is 3.46. The Balaban J connectivity index is 1.47. The fourth-order valence-electron chi connectivity index (χ4n) is 6.29. The molecule has 0 amide bonds. The van der Waals surface area contributed by atoms with Crippen LogP contribution in [0.25, 0.3) is 22.3 Å². The third kappa shape index (κ3) is 3.22. The molecule has 2 nitrogen and oxygen atoms in total. The van der Waals surface area contributed by atoms with E-state index in [2.05, 4.69) is 127 Å². The SMILES string of the molecule is c1ccc(-c2ccc3c(c2)Oc2ccccc2C32c3ccccc3Oc3ccc(-c4ccccc4)cc32)cc1. The van der Waals surface area contributed by atoms with Crippen molar-refractivity contribution < 1.29 is 9.47 Å². The summed E-state index contributed by atoms with van der Waals surface area (Å²) in [5, 5.41) is 0. The molecule has 0 bridgehead atoms. The van der Waals surface area contributed by atoms with Gasteiger partial charge in [0.25, 0.3) is 0 Å². The average Bonchev–Trinajstić information content (AvgIpc) is 3.01. The lowest BCUT2D eigenvalue weighted by Crippen LogP contribution is -2.36. The van der Waals surface area contributed by atoms with Gasteiger partial charge in [0.15, 0.2) is 0 Å². The molecule has 0 N–H and O–H groups in total. The van der Waals surface area contributed by atoms with Crippen LogP contribution in [0, 0.1) is 0 Å². The molecule has 1 unspecified atom stereocenters. The van der Waals surface area contributed by atoms with Crippen LogP contribution >= 0.6 is 0 Å². The van der Waals surface area contributed by atoms with E-state index in [-0.39, 0.29) is 0 Å². The topological polar surface area (TPSA) is 18.5 Å². The lowest BCUT2D eigenvalue weighted by molar-refractivity contribution is 0.399. The van der Waals surface area contributed by atoms with Crippen LogP contribution < -0.4 is 9.47 Å². The van der Waals surface area contributed by atoms with Crippen LogP contribution in [0.2, 0.25) is 0 Å². The summed E-state index contributed by atoms with van der Waals surface area (Å²) < 4.78 is 13.2. The summed E-state index contributed by atoms with van der Waals surface area (Å²) >= 11 is 0. The van der Waals surface area contributed by atoms with E-state index in [1.54, 1.807) is 0 Å². The number of hydrogen-bond acceptors (Lipinski definition) is 2. The lowest BCUT2D eigenvalue weighted by Gasteiger charge is -2.45. The first-order valence-electron chi connectivity index (χ1n) is 13.3. The fourth-order valence-corrected chi connectivity index (χ4v) is 6.29. The van der Waals surface area contributed by atoms with Crippen LogP contribution in [0.4, 0.5) is 0 Å². The summed E-state index contributed by atoms with van der Waals surface area (Å²) in [7, 11) is 0. The average molecular weight is 501 g/mol. The van der Waals surface area contributed by atoms with Crippen molar-refractivity contribution >= 4 is 0 Å². The van der Waals surface area contributed by atoms with E-state index < -0.39 is 5.41 Å². The van der Waals surface area contributed by atoms with Gasteiger partial charge in [-0.1, -0.05) is 115 Å². The molecule has 0 radical (unpaired) electrons. The standard InChI is InChI=1S/C37H24O2/c1-3-11-25(12-4-1)27-20-22-35-32(23-27)37(29-15-7-9-17-33(29)38-35)30-16-8-10-18-34(30)39-36-24-28(19-21-31(36)37)26-13-5-2-6-14-26/h1-24H. The third-order valence-corrected chi connectivity index (χ3v) is 8.01. The van der Waals surface area contributed by atoms with Gasteiger partial charge in [-0.2, -0.15) is 0 Å². The van der Waals surface area contributed by atoms with Gasteiger partial charge >= 0.3 is 0 Å². The van der Waals surface area contributed by atoms with Crippen molar-refractivity contribution in [1.29, 1.82) is 0 Å². The van der Waals surface area contributed by atoms with E-state index in [0.29, 0.717) is 0 Å². The van der Waals surface area contributed by atoms with Gasteiger partial charge in [0, 0.05) is 22.3 Å². The van der Waals surface area contributed by atoms with E-state index in [4.69, 9.17) is 9.47 Å². The first-order chi connectivity index (χ1) is 19.3. The van der Waals surface area contributed by atoms with E-state index in [0.717, 1.165) is 61.9 Å². The largest absolute Gasteiger partial charge is 0.457 e. The van der Waals surface area contributed by atoms with Crippen LogP contribution in [0.1, 0.15) is 22.3 Å². The zero-order valence-electron chi connectivity index (χ0n) is 21.2. The number of para-hydroxylation sites is 2. The molecule has 1 spiro atoms. The molecule has 2 heteroatoms. The number of rotatable bonds is 2. The van der Waals surface area contributed by atoms with Gasteiger partial charge < -0.3 is 9.47 Å². The van der Waals surface area contributed by atoms with Gasteiger partial charge in [0.2, 0.25) is 0 Å². The van der Waals surface area contributed by atoms with Gasteiger partial charge in [-0.15, -0.1) is 0 Å². The highest BCUT2D eigenvalue weighted by atomic mass is 16.5. The molecule has 6 aromatic rings. The Morgan fingerprint density at radius 1 is 0.308 bits per heavy atom. The minimum atomic E-state index is -0.603. The van der Waals surface area contributed by atoms with E-state index in [1.165, 1.54) is 5.56 Å². The maximum absolute atomic E-state index is 6.67. The first-order valence-corrected chi connectivity index (χ1v) is 13.3. The smallest absolute Gasteiger partial charge is 0.132 e. The first kappa shape index (κ1) is 22.0. The quantitative estimate of drug-likeness (QED) is 0.235. The van der Waals surface area contributed by atoms with E-state index >= 15 is 0 Å². The number of fused-ring (bicyclic) bond motifs is 8. The van der Waals surface area contributed by atoms with Gasteiger partial charge in [-0.25, -0.2) is 0 Å². The van der Waals surface area contributed by atoms with Crippen LogP contribution in [-0.2, 0) is 5.41 Å². The molecule has 0 aromatic heterocycles. The predicted molar refractivity (Wildman–Crippen MR) is 156 cm³/mol. The van der Waals surface area contributed by atoms with Crippen molar-refractivity contribution in [3.8, 4) is 45.3 Å². The van der Waals surface area contributed by atoms with Crippen LogP contribution in [0.3, 0.4) is 0 Å². The highest BCUT2D eigenvalue weighted by Gasteiger charge is 2.50. The van der Waals surface area contributed by atoms with Crippen LogP contribution in [0.15, 0.2) is 146 Å². The van der Waals surface area contributed by atoms with Crippen molar-refractivity contribution in [2.24, 2.45) is 0 Å². The molecule has 2 aliphatic heterocycles. The van der Waals surface area contributed by atoms with Crippen molar-refractivity contribution in [1.82, 2.24) is 0 Å². The molecule has 0 aliphatic carbocycles. The Morgan fingerprint density at radius 2 is 0.769 bits per heavy atom. The van der Waals surface area contributed by atoms with Crippen molar-refractivity contribution in [2.45, 2.75) is 5.41 Å².